The standard InChI is InChI=1S/C30H25BrN2O2/c1-3-21-9-13-25(14-10-21)33-30(34)24(18-32)16-22-11-15-29(28(31)17-22)35-19-27-20(2)8-12-23-6-4-5-7-26(23)27/h4-17H,3,19H2,1-2H3,(H,33,34)/b24-16+. The molecule has 4 nitrogen and oxygen atoms in total. The van der Waals surface area contributed by atoms with Gasteiger partial charge in [0.1, 0.15) is 24.0 Å². The first kappa shape index (κ1) is 24.3. The van der Waals surface area contributed by atoms with Crippen molar-refractivity contribution in [3.8, 4) is 11.8 Å². The average Bonchev–Trinajstić information content (AvgIpc) is 2.88. The summed E-state index contributed by atoms with van der Waals surface area (Å²) in [5, 5.41) is 14.7. The Hall–Kier alpha value is -3.88. The largest absolute Gasteiger partial charge is 0.488 e. The monoisotopic (exact) mass is 524 g/mol. The molecule has 174 valence electrons. The van der Waals surface area contributed by atoms with Crippen molar-refractivity contribution in [2.75, 3.05) is 5.32 Å². The van der Waals surface area contributed by atoms with Crippen LogP contribution in [-0.2, 0) is 17.8 Å². The maximum absolute atomic E-state index is 12.6. The number of halogens is 1. The van der Waals surface area contributed by atoms with Crippen molar-refractivity contribution in [3.63, 3.8) is 0 Å². The van der Waals surface area contributed by atoms with Gasteiger partial charge in [-0.25, -0.2) is 0 Å². The summed E-state index contributed by atoms with van der Waals surface area (Å²) in [4.78, 5) is 12.6. The van der Waals surface area contributed by atoms with E-state index in [1.165, 1.54) is 21.9 Å². The van der Waals surface area contributed by atoms with E-state index in [2.05, 4.69) is 59.4 Å². The Morgan fingerprint density at radius 3 is 2.54 bits per heavy atom. The van der Waals surface area contributed by atoms with Gasteiger partial charge in [0.2, 0.25) is 0 Å². The minimum absolute atomic E-state index is 0.0246. The molecule has 0 radical (unpaired) electrons. The molecular formula is C30H25BrN2O2. The first-order valence-corrected chi connectivity index (χ1v) is 12.2. The Morgan fingerprint density at radius 1 is 1.06 bits per heavy atom. The van der Waals surface area contributed by atoms with Gasteiger partial charge in [-0.3, -0.25) is 4.79 Å². The van der Waals surface area contributed by atoms with Crippen molar-refractivity contribution in [2.45, 2.75) is 26.9 Å². The number of carbonyl (C=O) groups excluding carboxylic acids is 1. The van der Waals surface area contributed by atoms with Gasteiger partial charge < -0.3 is 10.1 Å². The van der Waals surface area contributed by atoms with E-state index in [9.17, 15) is 10.1 Å². The molecule has 0 fully saturated rings. The molecule has 0 bridgehead atoms. The molecule has 0 aliphatic carbocycles. The van der Waals surface area contributed by atoms with Gasteiger partial charge in [0.05, 0.1) is 4.47 Å². The SMILES string of the molecule is CCc1ccc(NC(=O)/C(C#N)=C/c2ccc(OCc3c(C)ccc4ccccc34)c(Br)c2)cc1. The second-order valence-corrected chi connectivity index (χ2v) is 9.09. The lowest BCUT2D eigenvalue weighted by Gasteiger charge is -2.13. The number of hydrogen-bond acceptors (Lipinski definition) is 3. The zero-order valence-electron chi connectivity index (χ0n) is 19.6. The van der Waals surface area contributed by atoms with Crippen molar-refractivity contribution in [1.29, 1.82) is 5.26 Å². The molecule has 0 aliphatic rings. The quantitative estimate of drug-likeness (QED) is 0.200. The van der Waals surface area contributed by atoms with Crippen LogP contribution in [0, 0.1) is 18.3 Å². The number of fused-ring (bicyclic) bond motifs is 1. The van der Waals surface area contributed by atoms with Crippen molar-refractivity contribution in [2.24, 2.45) is 0 Å². The summed E-state index contributed by atoms with van der Waals surface area (Å²) in [6.07, 6.45) is 2.49. The molecule has 0 aromatic heterocycles. The van der Waals surface area contributed by atoms with E-state index >= 15 is 0 Å². The Bertz CT molecular complexity index is 1450. The second-order valence-electron chi connectivity index (χ2n) is 8.24. The molecule has 0 saturated heterocycles. The molecule has 35 heavy (non-hydrogen) atoms. The third-order valence-corrected chi connectivity index (χ3v) is 6.52. The van der Waals surface area contributed by atoms with E-state index in [-0.39, 0.29) is 5.57 Å². The fourth-order valence-corrected chi connectivity index (χ4v) is 4.36. The predicted molar refractivity (Wildman–Crippen MR) is 145 cm³/mol. The summed E-state index contributed by atoms with van der Waals surface area (Å²) in [6.45, 7) is 4.59. The van der Waals surface area contributed by atoms with Crippen LogP contribution in [0.1, 0.15) is 29.2 Å². The molecule has 0 aliphatic heterocycles. The van der Waals surface area contributed by atoms with E-state index in [4.69, 9.17) is 4.74 Å². The highest BCUT2D eigenvalue weighted by molar-refractivity contribution is 9.10. The Kier molecular flexibility index (Phi) is 7.64. The van der Waals surface area contributed by atoms with Crippen LogP contribution >= 0.6 is 15.9 Å². The van der Waals surface area contributed by atoms with Crippen molar-refractivity contribution in [3.05, 3.63) is 111 Å². The Morgan fingerprint density at radius 2 is 1.83 bits per heavy atom. The average molecular weight is 525 g/mol. The minimum atomic E-state index is -0.445. The molecular weight excluding hydrogens is 500 g/mol. The maximum Gasteiger partial charge on any atom is 0.266 e. The minimum Gasteiger partial charge on any atom is -0.488 e. The summed E-state index contributed by atoms with van der Waals surface area (Å²) in [5.74, 6) is 0.244. The third-order valence-electron chi connectivity index (χ3n) is 5.90. The van der Waals surface area contributed by atoms with E-state index in [1.54, 1.807) is 6.08 Å². The zero-order chi connectivity index (χ0) is 24.8. The second kappa shape index (κ2) is 11.0. The third kappa shape index (κ3) is 5.79. The molecule has 0 spiro atoms. The summed E-state index contributed by atoms with van der Waals surface area (Å²) in [6, 6.07) is 27.6. The van der Waals surface area contributed by atoms with Crippen molar-refractivity contribution >= 4 is 44.4 Å². The van der Waals surface area contributed by atoms with Crippen LogP contribution < -0.4 is 10.1 Å². The fraction of sp³-hybridized carbons (Fsp3) is 0.133. The number of amides is 1. The molecule has 4 rings (SSSR count). The van der Waals surface area contributed by atoms with Gasteiger partial charge in [0.25, 0.3) is 5.91 Å². The van der Waals surface area contributed by atoms with Gasteiger partial charge in [-0.2, -0.15) is 5.26 Å². The Labute approximate surface area is 214 Å². The predicted octanol–water partition coefficient (Wildman–Crippen LogP) is 7.60. The fourth-order valence-electron chi connectivity index (χ4n) is 3.85. The topological polar surface area (TPSA) is 62.1 Å². The number of nitrogens with one attached hydrogen (secondary N) is 1. The molecule has 0 saturated carbocycles. The molecule has 0 unspecified atom stereocenters. The van der Waals surface area contributed by atoms with Crippen LogP contribution in [0.25, 0.3) is 16.8 Å². The molecule has 4 aromatic carbocycles. The summed E-state index contributed by atoms with van der Waals surface area (Å²) < 4.78 is 6.88. The van der Waals surface area contributed by atoms with Crippen LogP contribution in [0.5, 0.6) is 5.75 Å². The zero-order valence-corrected chi connectivity index (χ0v) is 21.2. The number of nitriles is 1. The number of hydrogen-bond donors (Lipinski definition) is 1. The highest BCUT2D eigenvalue weighted by Gasteiger charge is 2.11. The van der Waals surface area contributed by atoms with Gasteiger partial charge in [0, 0.05) is 11.3 Å². The molecule has 0 heterocycles. The summed E-state index contributed by atoms with van der Waals surface area (Å²) in [5.41, 5.74) is 4.90. The molecule has 5 heteroatoms. The maximum atomic E-state index is 12.6. The smallest absolute Gasteiger partial charge is 0.266 e. The first-order valence-electron chi connectivity index (χ1n) is 11.4. The lowest BCUT2D eigenvalue weighted by atomic mass is 10.0. The van der Waals surface area contributed by atoms with Crippen LogP contribution in [0.4, 0.5) is 5.69 Å². The number of carbonyl (C=O) groups is 1. The number of rotatable bonds is 7. The number of nitrogens with zero attached hydrogens (tertiary/aromatic N) is 1. The van der Waals surface area contributed by atoms with E-state index in [0.29, 0.717) is 18.0 Å². The summed E-state index contributed by atoms with van der Waals surface area (Å²) >= 11 is 3.57. The summed E-state index contributed by atoms with van der Waals surface area (Å²) in [7, 11) is 0. The Balaban J connectivity index is 1.48. The molecule has 1 amide bonds. The van der Waals surface area contributed by atoms with E-state index in [1.807, 2.05) is 60.7 Å². The van der Waals surface area contributed by atoms with Crippen LogP contribution in [0.2, 0.25) is 0 Å². The molecule has 1 N–H and O–H groups in total. The highest BCUT2D eigenvalue weighted by atomic mass is 79.9. The van der Waals surface area contributed by atoms with Gasteiger partial charge in [-0.1, -0.05) is 61.5 Å². The van der Waals surface area contributed by atoms with E-state index < -0.39 is 5.91 Å². The highest BCUT2D eigenvalue weighted by Crippen LogP contribution is 2.30. The van der Waals surface area contributed by atoms with Gasteiger partial charge >= 0.3 is 0 Å². The van der Waals surface area contributed by atoms with Crippen molar-refractivity contribution < 1.29 is 9.53 Å². The first-order chi connectivity index (χ1) is 17.0. The van der Waals surface area contributed by atoms with Crippen LogP contribution in [-0.4, -0.2) is 5.91 Å². The number of benzene rings is 4. The van der Waals surface area contributed by atoms with Gasteiger partial charge in [0.15, 0.2) is 0 Å². The van der Waals surface area contributed by atoms with Crippen molar-refractivity contribution in [1.82, 2.24) is 0 Å². The lowest BCUT2D eigenvalue weighted by Crippen LogP contribution is -2.13. The molecule has 0 atom stereocenters. The van der Waals surface area contributed by atoms with E-state index in [0.717, 1.165) is 22.0 Å². The van der Waals surface area contributed by atoms with Gasteiger partial charge in [-0.15, -0.1) is 0 Å². The number of aryl methyl sites for hydroxylation is 2. The number of ether oxygens (including phenoxy) is 1. The normalized spacial score (nSPS) is 11.2. The van der Waals surface area contributed by atoms with Gasteiger partial charge in [-0.05, 0) is 87.1 Å². The van der Waals surface area contributed by atoms with Crippen LogP contribution in [0.15, 0.2) is 88.9 Å². The lowest BCUT2D eigenvalue weighted by molar-refractivity contribution is -0.112. The number of anilines is 1. The van der Waals surface area contributed by atoms with Crippen LogP contribution in [0.3, 0.4) is 0 Å². The molecule has 4 aromatic rings.